The lowest BCUT2D eigenvalue weighted by Gasteiger charge is -2.16. The summed E-state index contributed by atoms with van der Waals surface area (Å²) in [5.41, 5.74) is 0.639. The zero-order chi connectivity index (χ0) is 13.5. The number of rotatable bonds is 2. The molecular formula is C10H10ClIN2O3S. The minimum Gasteiger partial charge on any atom is -0.311 e. The number of anilines is 1. The summed E-state index contributed by atoms with van der Waals surface area (Å²) in [7, 11) is -3.69. The van der Waals surface area contributed by atoms with Gasteiger partial charge in [0.1, 0.15) is 5.25 Å². The van der Waals surface area contributed by atoms with E-state index >= 15 is 0 Å². The van der Waals surface area contributed by atoms with E-state index in [4.69, 9.17) is 16.7 Å². The van der Waals surface area contributed by atoms with Gasteiger partial charge in [0.05, 0.1) is 5.02 Å². The van der Waals surface area contributed by atoms with Crippen LogP contribution in [0.15, 0.2) is 18.2 Å². The minimum atomic E-state index is -3.69. The van der Waals surface area contributed by atoms with Gasteiger partial charge >= 0.3 is 0 Å². The number of hydrogen-bond donors (Lipinski definition) is 1. The highest BCUT2D eigenvalue weighted by molar-refractivity contribution is 14.1. The highest BCUT2D eigenvalue weighted by Gasteiger charge is 2.37. The Balaban J connectivity index is 2.30. The number of amides is 1. The fraction of sp³-hybridized carbons (Fsp3) is 0.300. The zero-order valence-electron chi connectivity index (χ0n) is 9.14. The van der Waals surface area contributed by atoms with Crippen LogP contribution in [0.3, 0.4) is 0 Å². The molecule has 1 atom stereocenters. The Kier molecular flexibility index (Phi) is 3.86. The van der Waals surface area contributed by atoms with Gasteiger partial charge in [0.25, 0.3) is 0 Å². The first-order chi connectivity index (χ1) is 8.29. The van der Waals surface area contributed by atoms with Crippen molar-refractivity contribution in [1.29, 1.82) is 0 Å². The lowest BCUT2D eigenvalue weighted by atomic mass is 10.3. The number of halogens is 2. The normalized spacial score (nSPS) is 20.5. The number of hydrogen-bond acceptors (Lipinski definition) is 3. The van der Waals surface area contributed by atoms with E-state index in [1.807, 2.05) is 0 Å². The molecule has 18 heavy (non-hydrogen) atoms. The Morgan fingerprint density at radius 3 is 2.61 bits per heavy atom. The average Bonchev–Trinajstić information content (AvgIpc) is 2.64. The summed E-state index contributed by atoms with van der Waals surface area (Å²) < 4.78 is 23.3. The van der Waals surface area contributed by atoms with Gasteiger partial charge in [0, 0.05) is 22.2 Å². The SMILES string of the molecule is NS(=O)(=O)C1CC(=O)N(c2ccc(Cl)c(I)c2)C1. The molecule has 1 aromatic rings. The van der Waals surface area contributed by atoms with Crippen LogP contribution >= 0.6 is 34.2 Å². The van der Waals surface area contributed by atoms with Gasteiger partial charge in [-0.2, -0.15) is 0 Å². The first kappa shape index (κ1) is 14.0. The Morgan fingerprint density at radius 2 is 2.11 bits per heavy atom. The van der Waals surface area contributed by atoms with Crippen LogP contribution in [0.2, 0.25) is 5.02 Å². The number of nitrogens with two attached hydrogens (primary N) is 1. The molecule has 1 aliphatic heterocycles. The van der Waals surface area contributed by atoms with Crippen molar-refractivity contribution >= 4 is 55.8 Å². The van der Waals surface area contributed by atoms with E-state index in [-0.39, 0.29) is 18.9 Å². The second kappa shape index (κ2) is 4.95. The number of nitrogens with zero attached hydrogens (tertiary/aromatic N) is 1. The van der Waals surface area contributed by atoms with E-state index < -0.39 is 15.3 Å². The highest BCUT2D eigenvalue weighted by atomic mass is 127. The van der Waals surface area contributed by atoms with Crippen molar-refractivity contribution in [2.24, 2.45) is 5.14 Å². The van der Waals surface area contributed by atoms with Crippen molar-refractivity contribution in [2.75, 3.05) is 11.4 Å². The van der Waals surface area contributed by atoms with Crippen molar-refractivity contribution in [3.05, 3.63) is 26.8 Å². The molecular weight excluding hydrogens is 391 g/mol. The Morgan fingerprint density at radius 1 is 1.44 bits per heavy atom. The molecule has 1 saturated heterocycles. The smallest absolute Gasteiger partial charge is 0.228 e. The third-order valence-electron chi connectivity index (χ3n) is 2.77. The molecule has 0 aliphatic carbocycles. The van der Waals surface area contributed by atoms with Gasteiger partial charge in [0.2, 0.25) is 15.9 Å². The number of sulfonamides is 1. The molecule has 2 rings (SSSR count). The van der Waals surface area contributed by atoms with E-state index in [1.165, 1.54) is 4.90 Å². The zero-order valence-corrected chi connectivity index (χ0v) is 12.9. The molecule has 1 aliphatic rings. The van der Waals surface area contributed by atoms with Gasteiger partial charge in [-0.25, -0.2) is 13.6 Å². The molecule has 5 nitrogen and oxygen atoms in total. The molecule has 8 heteroatoms. The predicted octanol–water partition coefficient (Wildman–Crippen LogP) is 1.34. The molecule has 1 unspecified atom stereocenters. The van der Waals surface area contributed by atoms with Crippen molar-refractivity contribution in [3.63, 3.8) is 0 Å². The summed E-state index contributed by atoms with van der Waals surface area (Å²) in [5, 5.41) is 4.82. The molecule has 0 aromatic heterocycles. The average molecular weight is 401 g/mol. The third kappa shape index (κ3) is 2.79. The molecule has 2 N–H and O–H groups in total. The van der Waals surface area contributed by atoms with Gasteiger partial charge in [-0.15, -0.1) is 0 Å². The molecule has 0 radical (unpaired) electrons. The lowest BCUT2D eigenvalue weighted by molar-refractivity contribution is -0.117. The highest BCUT2D eigenvalue weighted by Crippen LogP contribution is 2.28. The molecule has 0 saturated carbocycles. The van der Waals surface area contributed by atoms with Crippen molar-refractivity contribution < 1.29 is 13.2 Å². The van der Waals surface area contributed by atoms with E-state index in [2.05, 4.69) is 22.6 Å². The Bertz CT molecular complexity index is 605. The van der Waals surface area contributed by atoms with Crippen LogP contribution in [0.4, 0.5) is 5.69 Å². The van der Waals surface area contributed by atoms with Crippen LogP contribution in [-0.4, -0.2) is 26.1 Å². The monoisotopic (exact) mass is 400 g/mol. The van der Waals surface area contributed by atoms with Gasteiger partial charge < -0.3 is 4.90 Å². The summed E-state index contributed by atoms with van der Waals surface area (Å²) in [6.07, 6.45) is -0.0714. The van der Waals surface area contributed by atoms with E-state index in [0.29, 0.717) is 10.7 Å². The summed E-state index contributed by atoms with van der Waals surface area (Å²) in [6, 6.07) is 5.11. The maximum Gasteiger partial charge on any atom is 0.228 e. The largest absolute Gasteiger partial charge is 0.311 e. The summed E-state index contributed by atoms with van der Waals surface area (Å²) in [6.45, 7) is 0.0926. The molecule has 1 heterocycles. The second-order valence-electron chi connectivity index (χ2n) is 4.02. The number of primary sulfonamides is 1. The maximum absolute atomic E-state index is 11.8. The van der Waals surface area contributed by atoms with Crippen molar-refractivity contribution in [2.45, 2.75) is 11.7 Å². The van der Waals surface area contributed by atoms with Gasteiger partial charge in [-0.05, 0) is 40.8 Å². The van der Waals surface area contributed by atoms with Gasteiger partial charge in [0.15, 0.2) is 0 Å². The minimum absolute atomic E-state index is 0.0714. The molecule has 98 valence electrons. The molecule has 1 fully saturated rings. The topological polar surface area (TPSA) is 80.5 Å². The first-order valence-corrected chi connectivity index (χ1v) is 8.12. The Labute approximate surface area is 123 Å². The lowest BCUT2D eigenvalue weighted by Crippen LogP contribution is -2.32. The van der Waals surface area contributed by atoms with Crippen LogP contribution in [0, 0.1) is 3.57 Å². The number of carbonyl (C=O) groups excluding carboxylic acids is 1. The van der Waals surface area contributed by atoms with Crippen molar-refractivity contribution in [1.82, 2.24) is 0 Å². The van der Waals surface area contributed by atoms with E-state index in [9.17, 15) is 13.2 Å². The molecule has 0 spiro atoms. The fourth-order valence-electron chi connectivity index (χ4n) is 1.80. The van der Waals surface area contributed by atoms with Gasteiger partial charge in [-0.1, -0.05) is 11.6 Å². The second-order valence-corrected chi connectivity index (χ2v) is 7.43. The molecule has 0 bridgehead atoms. The first-order valence-electron chi connectivity index (χ1n) is 5.06. The number of carbonyl (C=O) groups is 1. The van der Waals surface area contributed by atoms with E-state index in [0.717, 1.165) is 3.57 Å². The Hall–Kier alpha value is -0.380. The van der Waals surface area contributed by atoms with Crippen molar-refractivity contribution in [3.8, 4) is 0 Å². The van der Waals surface area contributed by atoms with Gasteiger partial charge in [-0.3, -0.25) is 4.79 Å². The quantitative estimate of drug-likeness (QED) is 0.761. The fourth-order valence-corrected chi connectivity index (χ4v) is 3.15. The summed E-state index contributed by atoms with van der Waals surface area (Å²) in [4.78, 5) is 13.2. The maximum atomic E-state index is 11.8. The van der Waals surface area contributed by atoms with E-state index in [1.54, 1.807) is 18.2 Å². The van der Waals surface area contributed by atoms with Crippen LogP contribution in [0.25, 0.3) is 0 Å². The standard InChI is InChI=1S/C10H10ClIN2O3S/c11-8-2-1-6(3-9(8)12)14-5-7(4-10(14)15)18(13,16)17/h1-3,7H,4-5H2,(H2,13,16,17). The van der Waals surface area contributed by atoms with Crippen LogP contribution in [0.1, 0.15) is 6.42 Å². The van der Waals surface area contributed by atoms with Crippen LogP contribution < -0.4 is 10.0 Å². The third-order valence-corrected chi connectivity index (χ3v) is 5.55. The molecule has 1 aromatic carbocycles. The number of benzene rings is 1. The summed E-state index contributed by atoms with van der Waals surface area (Å²) in [5.74, 6) is -0.243. The molecule has 1 amide bonds. The van der Waals surface area contributed by atoms with Crippen LogP contribution in [0.5, 0.6) is 0 Å². The predicted molar refractivity (Wildman–Crippen MR) is 78.0 cm³/mol. The summed E-state index contributed by atoms with van der Waals surface area (Å²) >= 11 is 7.95. The van der Waals surface area contributed by atoms with Crippen LogP contribution in [-0.2, 0) is 14.8 Å².